The summed E-state index contributed by atoms with van der Waals surface area (Å²) in [5.74, 6) is 0.422. The minimum absolute atomic E-state index is 0.00173. The van der Waals surface area contributed by atoms with E-state index in [9.17, 15) is 14.7 Å². The van der Waals surface area contributed by atoms with Crippen molar-refractivity contribution in [2.45, 2.75) is 38.1 Å². The van der Waals surface area contributed by atoms with E-state index in [0.29, 0.717) is 19.6 Å². The number of carbonyl (C=O) groups excluding carboxylic acids is 2. The molecule has 0 aromatic heterocycles. The third kappa shape index (κ3) is 4.95. The van der Waals surface area contributed by atoms with Crippen LogP contribution >= 0.6 is 0 Å². The van der Waals surface area contributed by atoms with Gasteiger partial charge < -0.3 is 15.3 Å². The van der Waals surface area contributed by atoms with Crippen molar-refractivity contribution in [3.8, 4) is 5.75 Å². The second kappa shape index (κ2) is 8.34. The molecule has 0 bridgehead atoms. The van der Waals surface area contributed by atoms with Crippen LogP contribution in [0, 0.1) is 0 Å². The monoisotopic (exact) mass is 345 g/mol. The summed E-state index contributed by atoms with van der Waals surface area (Å²) in [4.78, 5) is 28.2. The van der Waals surface area contributed by atoms with Crippen LogP contribution in [-0.2, 0) is 16.0 Å². The number of benzene rings is 1. The SMILES string of the molecule is O=C1CN(CC(=O)N2CCCC[C@H]2CCc2cccc(O)c2)CCN1. The molecule has 0 unspecified atom stereocenters. The van der Waals surface area contributed by atoms with Gasteiger partial charge >= 0.3 is 0 Å². The molecule has 2 amide bonds. The predicted octanol–water partition coefficient (Wildman–Crippen LogP) is 1.14. The van der Waals surface area contributed by atoms with Crippen LogP contribution in [0.2, 0.25) is 0 Å². The normalized spacial score (nSPS) is 21.8. The molecule has 2 aliphatic rings. The van der Waals surface area contributed by atoms with E-state index in [1.807, 2.05) is 21.9 Å². The maximum Gasteiger partial charge on any atom is 0.237 e. The zero-order valence-corrected chi connectivity index (χ0v) is 14.6. The minimum Gasteiger partial charge on any atom is -0.508 e. The average molecular weight is 345 g/mol. The third-order valence-corrected chi connectivity index (χ3v) is 5.10. The van der Waals surface area contributed by atoms with Crippen molar-refractivity contribution in [2.75, 3.05) is 32.7 Å². The van der Waals surface area contributed by atoms with Crippen LogP contribution in [0.25, 0.3) is 0 Å². The zero-order chi connectivity index (χ0) is 17.6. The maximum atomic E-state index is 12.8. The first-order valence-corrected chi connectivity index (χ1v) is 9.18. The van der Waals surface area contributed by atoms with Crippen LogP contribution < -0.4 is 5.32 Å². The number of phenols is 1. The highest BCUT2D eigenvalue weighted by Gasteiger charge is 2.28. The molecular weight excluding hydrogens is 318 g/mol. The number of hydrogen-bond donors (Lipinski definition) is 2. The molecule has 6 heteroatoms. The van der Waals surface area contributed by atoms with Crippen LogP contribution in [-0.4, -0.2) is 65.5 Å². The Kier molecular flexibility index (Phi) is 5.91. The van der Waals surface area contributed by atoms with Crippen molar-refractivity contribution in [2.24, 2.45) is 0 Å². The Morgan fingerprint density at radius 2 is 2.16 bits per heavy atom. The van der Waals surface area contributed by atoms with E-state index in [1.54, 1.807) is 12.1 Å². The summed E-state index contributed by atoms with van der Waals surface area (Å²) in [7, 11) is 0. The van der Waals surface area contributed by atoms with E-state index in [-0.39, 0.29) is 23.6 Å². The van der Waals surface area contributed by atoms with Gasteiger partial charge in [-0.1, -0.05) is 12.1 Å². The molecule has 3 rings (SSSR count). The molecule has 2 fully saturated rings. The number of piperazine rings is 1. The molecule has 1 aromatic rings. The molecular formula is C19H27N3O3. The fraction of sp³-hybridized carbons (Fsp3) is 0.579. The molecule has 0 aliphatic carbocycles. The molecule has 0 saturated carbocycles. The lowest BCUT2D eigenvalue weighted by Crippen LogP contribution is -2.53. The minimum atomic E-state index is -0.00173. The van der Waals surface area contributed by atoms with Gasteiger partial charge in [-0.05, 0) is 49.8 Å². The number of carbonyl (C=O) groups is 2. The van der Waals surface area contributed by atoms with Crippen LogP contribution in [0.15, 0.2) is 24.3 Å². The summed E-state index contributed by atoms with van der Waals surface area (Å²) in [6.45, 7) is 2.81. The van der Waals surface area contributed by atoms with Crippen LogP contribution in [0.4, 0.5) is 0 Å². The second-order valence-corrected chi connectivity index (χ2v) is 7.01. The first kappa shape index (κ1) is 17.7. The lowest BCUT2D eigenvalue weighted by Gasteiger charge is -2.37. The number of aromatic hydroxyl groups is 1. The summed E-state index contributed by atoms with van der Waals surface area (Å²) in [5, 5.41) is 12.4. The van der Waals surface area contributed by atoms with E-state index in [2.05, 4.69) is 5.32 Å². The fourth-order valence-corrected chi connectivity index (χ4v) is 3.78. The van der Waals surface area contributed by atoms with Crippen molar-refractivity contribution in [3.63, 3.8) is 0 Å². The van der Waals surface area contributed by atoms with Gasteiger partial charge in [0.15, 0.2) is 0 Å². The highest BCUT2D eigenvalue weighted by molar-refractivity contribution is 5.82. The standard InChI is InChI=1S/C19H27N3O3/c23-17-6-3-4-15(12-17)7-8-16-5-1-2-10-22(16)19(25)14-21-11-9-20-18(24)13-21/h3-4,6,12,16,23H,1-2,5,7-11,13-14H2,(H,20,24)/t16-/m0/s1. The van der Waals surface area contributed by atoms with Crippen LogP contribution in [0.5, 0.6) is 5.75 Å². The summed E-state index contributed by atoms with van der Waals surface area (Å²) in [5.41, 5.74) is 1.10. The molecule has 136 valence electrons. The Balaban J connectivity index is 1.56. The number of piperidine rings is 1. The van der Waals surface area contributed by atoms with Gasteiger partial charge in [0.2, 0.25) is 11.8 Å². The number of phenolic OH excluding ortho intramolecular Hbond substituents is 1. The van der Waals surface area contributed by atoms with Crippen molar-refractivity contribution in [1.82, 2.24) is 15.1 Å². The summed E-state index contributed by atoms with van der Waals surface area (Å²) in [6, 6.07) is 7.59. The Bertz CT molecular complexity index is 620. The predicted molar refractivity (Wildman–Crippen MR) is 95.2 cm³/mol. The quantitative estimate of drug-likeness (QED) is 0.839. The molecule has 1 aromatic carbocycles. The molecule has 25 heavy (non-hydrogen) atoms. The highest BCUT2D eigenvalue weighted by atomic mass is 16.3. The smallest absolute Gasteiger partial charge is 0.237 e. The van der Waals surface area contributed by atoms with Crippen molar-refractivity contribution in [3.05, 3.63) is 29.8 Å². The van der Waals surface area contributed by atoms with E-state index in [1.165, 1.54) is 0 Å². The van der Waals surface area contributed by atoms with Gasteiger partial charge in [0.25, 0.3) is 0 Å². The van der Waals surface area contributed by atoms with E-state index >= 15 is 0 Å². The second-order valence-electron chi connectivity index (χ2n) is 7.01. The van der Waals surface area contributed by atoms with E-state index < -0.39 is 0 Å². The Morgan fingerprint density at radius 3 is 2.96 bits per heavy atom. The number of rotatable bonds is 5. The van der Waals surface area contributed by atoms with Gasteiger partial charge in [-0.15, -0.1) is 0 Å². The summed E-state index contributed by atoms with van der Waals surface area (Å²) < 4.78 is 0. The largest absolute Gasteiger partial charge is 0.508 e. The highest BCUT2D eigenvalue weighted by Crippen LogP contribution is 2.22. The Hall–Kier alpha value is -2.08. The molecule has 2 N–H and O–H groups in total. The number of nitrogens with zero attached hydrogens (tertiary/aromatic N) is 2. The van der Waals surface area contributed by atoms with E-state index in [0.717, 1.165) is 50.8 Å². The average Bonchev–Trinajstić information content (AvgIpc) is 2.60. The molecule has 2 aliphatic heterocycles. The van der Waals surface area contributed by atoms with Gasteiger partial charge in [0.05, 0.1) is 13.1 Å². The molecule has 6 nitrogen and oxygen atoms in total. The molecule has 1 atom stereocenters. The van der Waals surface area contributed by atoms with Gasteiger partial charge in [-0.2, -0.15) is 0 Å². The van der Waals surface area contributed by atoms with Gasteiger partial charge in [0.1, 0.15) is 5.75 Å². The third-order valence-electron chi connectivity index (χ3n) is 5.10. The zero-order valence-electron chi connectivity index (χ0n) is 14.6. The van der Waals surface area contributed by atoms with Crippen LogP contribution in [0.1, 0.15) is 31.2 Å². The number of likely N-dealkylation sites (tertiary alicyclic amines) is 1. The van der Waals surface area contributed by atoms with Crippen molar-refractivity contribution < 1.29 is 14.7 Å². The maximum absolute atomic E-state index is 12.8. The topological polar surface area (TPSA) is 72.9 Å². The lowest BCUT2D eigenvalue weighted by atomic mass is 9.95. The number of nitrogens with one attached hydrogen (secondary N) is 1. The van der Waals surface area contributed by atoms with Gasteiger partial charge in [0, 0.05) is 25.7 Å². The Morgan fingerprint density at radius 1 is 1.28 bits per heavy atom. The number of amides is 2. The van der Waals surface area contributed by atoms with Crippen molar-refractivity contribution >= 4 is 11.8 Å². The number of hydrogen-bond acceptors (Lipinski definition) is 4. The Labute approximate surface area is 148 Å². The van der Waals surface area contributed by atoms with E-state index in [4.69, 9.17) is 0 Å². The van der Waals surface area contributed by atoms with Crippen molar-refractivity contribution in [1.29, 1.82) is 0 Å². The molecule has 0 spiro atoms. The first-order chi connectivity index (χ1) is 12.1. The molecule has 2 heterocycles. The first-order valence-electron chi connectivity index (χ1n) is 9.18. The number of aryl methyl sites for hydroxylation is 1. The summed E-state index contributed by atoms with van der Waals surface area (Å²) >= 11 is 0. The lowest BCUT2D eigenvalue weighted by molar-refractivity contribution is -0.137. The molecule has 2 saturated heterocycles. The van der Waals surface area contributed by atoms with Gasteiger partial charge in [-0.3, -0.25) is 14.5 Å². The fourth-order valence-electron chi connectivity index (χ4n) is 3.78. The summed E-state index contributed by atoms with van der Waals surface area (Å²) in [6.07, 6.45) is 5.01. The van der Waals surface area contributed by atoms with Gasteiger partial charge in [-0.25, -0.2) is 0 Å². The molecule has 0 radical (unpaired) electrons. The van der Waals surface area contributed by atoms with Crippen LogP contribution in [0.3, 0.4) is 0 Å².